The number of nitriles is 1. The number of benzene rings is 1. The van der Waals surface area contributed by atoms with Gasteiger partial charge in [0.15, 0.2) is 9.84 Å². The topological polar surface area (TPSA) is 57.9 Å². The molecule has 1 unspecified atom stereocenters. The first-order chi connectivity index (χ1) is 6.63. The van der Waals surface area contributed by atoms with Crippen molar-refractivity contribution in [3.63, 3.8) is 0 Å². The Morgan fingerprint density at radius 1 is 1.29 bits per heavy atom. The lowest BCUT2D eigenvalue weighted by molar-refractivity contribution is 0.553. The zero-order valence-corrected chi connectivity index (χ0v) is 8.29. The van der Waals surface area contributed by atoms with Gasteiger partial charge in [-0.3, -0.25) is 0 Å². The molecule has 72 valence electrons. The van der Waals surface area contributed by atoms with E-state index in [4.69, 9.17) is 5.26 Å². The minimum absolute atomic E-state index is 0.289. The Hall–Kier alpha value is -1.34. The average molecular weight is 207 g/mol. The molecule has 14 heavy (non-hydrogen) atoms. The van der Waals surface area contributed by atoms with Crippen LogP contribution in [0.2, 0.25) is 0 Å². The van der Waals surface area contributed by atoms with Gasteiger partial charge in [-0.25, -0.2) is 8.42 Å². The van der Waals surface area contributed by atoms with E-state index in [0.717, 1.165) is 5.56 Å². The first-order valence-corrected chi connectivity index (χ1v) is 6.07. The van der Waals surface area contributed by atoms with Crippen LogP contribution in [0.5, 0.6) is 0 Å². The smallest absolute Gasteiger partial charge is 0.157 e. The van der Waals surface area contributed by atoms with Gasteiger partial charge in [-0.05, 0) is 24.1 Å². The van der Waals surface area contributed by atoms with Crippen LogP contribution in [0.15, 0.2) is 24.3 Å². The molecule has 2 rings (SSSR count). The molecular formula is C10H9NO2S. The maximum absolute atomic E-state index is 11.3. The van der Waals surface area contributed by atoms with Gasteiger partial charge in [0.1, 0.15) is 0 Å². The van der Waals surface area contributed by atoms with Gasteiger partial charge in [0.2, 0.25) is 0 Å². The zero-order chi connectivity index (χ0) is 10.2. The lowest BCUT2D eigenvalue weighted by atomic mass is 10.1. The van der Waals surface area contributed by atoms with E-state index in [2.05, 4.69) is 0 Å². The summed E-state index contributed by atoms with van der Waals surface area (Å²) in [4.78, 5) is 0. The quantitative estimate of drug-likeness (QED) is 0.699. The van der Waals surface area contributed by atoms with Crippen LogP contribution in [0.1, 0.15) is 22.8 Å². The summed E-state index contributed by atoms with van der Waals surface area (Å²) < 4.78 is 22.6. The van der Waals surface area contributed by atoms with E-state index < -0.39 is 9.84 Å². The molecule has 1 atom stereocenters. The third kappa shape index (κ3) is 1.40. The van der Waals surface area contributed by atoms with Gasteiger partial charge in [0.05, 0.1) is 22.6 Å². The second kappa shape index (κ2) is 3.10. The summed E-state index contributed by atoms with van der Waals surface area (Å²) >= 11 is 0. The molecule has 0 saturated carbocycles. The molecule has 0 radical (unpaired) electrons. The molecule has 0 amide bonds. The average Bonchev–Trinajstić information content (AvgIpc) is 2.18. The second-order valence-corrected chi connectivity index (χ2v) is 5.68. The van der Waals surface area contributed by atoms with Crippen LogP contribution in [-0.2, 0) is 9.84 Å². The van der Waals surface area contributed by atoms with Gasteiger partial charge in [-0.1, -0.05) is 12.1 Å². The predicted molar refractivity (Wildman–Crippen MR) is 52.3 cm³/mol. The van der Waals surface area contributed by atoms with E-state index in [9.17, 15) is 8.42 Å². The van der Waals surface area contributed by atoms with Crippen LogP contribution in [0.4, 0.5) is 0 Å². The van der Waals surface area contributed by atoms with Crippen molar-refractivity contribution in [2.45, 2.75) is 11.7 Å². The highest BCUT2D eigenvalue weighted by Gasteiger charge is 2.36. The SMILES string of the molecule is N#Cc1ccc(C2CCS2(=O)=O)cc1. The van der Waals surface area contributed by atoms with Crippen LogP contribution in [-0.4, -0.2) is 14.2 Å². The Bertz CT molecular complexity index is 482. The minimum Gasteiger partial charge on any atom is -0.228 e. The zero-order valence-electron chi connectivity index (χ0n) is 7.47. The molecule has 1 aromatic rings. The third-order valence-corrected chi connectivity index (χ3v) is 4.69. The number of nitrogens with zero attached hydrogens (tertiary/aromatic N) is 1. The maximum atomic E-state index is 11.3. The standard InChI is InChI=1S/C10H9NO2S/c11-7-8-1-3-9(4-2-8)10-5-6-14(10,12)13/h1-4,10H,5-6H2. The molecule has 0 aliphatic carbocycles. The van der Waals surface area contributed by atoms with E-state index in [1.165, 1.54) is 0 Å². The molecule has 1 aliphatic rings. The molecule has 3 nitrogen and oxygen atoms in total. The minimum atomic E-state index is -2.88. The van der Waals surface area contributed by atoms with E-state index in [-0.39, 0.29) is 11.0 Å². The molecular weight excluding hydrogens is 198 g/mol. The molecule has 1 aromatic carbocycles. The fourth-order valence-corrected chi connectivity index (χ4v) is 3.00. The molecule has 1 aliphatic heterocycles. The Balaban J connectivity index is 2.32. The van der Waals surface area contributed by atoms with Crippen molar-refractivity contribution in [1.29, 1.82) is 5.26 Å². The summed E-state index contributed by atoms with van der Waals surface area (Å²) in [5.41, 5.74) is 1.36. The van der Waals surface area contributed by atoms with Crippen molar-refractivity contribution in [2.24, 2.45) is 0 Å². The van der Waals surface area contributed by atoms with Gasteiger partial charge >= 0.3 is 0 Å². The highest BCUT2D eigenvalue weighted by Crippen LogP contribution is 2.35. The Morgan fingerprint density at radius 2 is 1.93 bits per heavy atom. The molecule has 1 heterocycles. The lowest BCUT2D eigenvalue weighted by Gasteiger charge is -2.26. The maximum Gasteiger partial charge on any atom is 0.157 e. The van der Waals surface area contributed by atoms with Crippen LogP contribution in [0.25, 0.3) is 0 Å². The first kappa shape index (κ1) is 9.22. The predicted octanol–water partition coefficient (Wildman–Crippen LogP) is 1.42. The highest BCUT2D eigenvalue weighted by molar-refractivity contribution is 7.93. The van der Waals surface area contributed by atoms with Gasteiger partial charge in [0.25, 0.3) is 0 Å². The Labute approximate surface area is 82.9 Å². The molecule has 4 heteroatoms. The molecule has 0 spiro atoms. The normalized spacial score (nSPS) is 23.5. The Kier molecular flexibility index (Phi) is 2.05. The van der Waals surface area contributed by atoms with Gasteiger partial charge in [-0.2, -0.15) is 5.26 Å². The summed E-state index contributed by atoms with van der Waals surface area (Å²) in [6.45, 7) is 0. The molecule has 0 aromatic heterocycles. The van der Waals surface area contributed by atoms with E-state index in [0.29, 0.717) is 12.0 Å². The summed E-state index contributed by atoms with van der Waals surface area (Å²) in [5, 5.41) is 8.23. The van der Waals surface area contributed by atoms with Crippen LogP contribution in [0, 0.1) is 11.3 Å². The van der Waals surface area contributed by atoms with Crippen molar-refractivity contribution in [3.05, 3.63) is 35.4 Å². The fourth-order valence-electron chi connectivity index (χ4n) is 1.57. The molecule has 1 fully saturated rings. The third-order valence-electron chi connectivity index (χ3n) is 2.51. The van der Waals surface area contributed by atoms with Crippen LogP contribution >= 0.6 is 0 Å². The number of hydrogen-bond acceptors (Lipinski definition) is 3. The van der Waals surface area contributed by atoms with Crippen molar-refractivity contribution in [2.75, 3.05) is 5.75 Å². The van der Waals surface area contributed by atoms with Gasteiger partial charge in [0, 0.05) is 0 Å². The molecule has 1 saturated heterocycles. The summed E-state index contributed by atoms with van der Waals surface area (Å²) in [6, 6.07) is 8.76. The molecule has 0 N–H and O–H groups in total. The molecule has 0 bridgehead atoms. The van der Waals surface area contributed by atoms with Crippen molar-refractivity contribution >= 4 is 9.84 Å². The van der Waals surface area contributed by atoms with E-state index in [1.807, 2.05) is 6.07 Å². The summed E-state index contributed by atoms with van der Waals surface area (Å²) in [6.07, 6.45) is 0.703. The highest BCUT2D eigenvalue weighted by atomic mass is 32.2. The monoisotopic (exact) mass is 207 g/mol. The second-order valence-electron chi connectivity index (χ2n) is 3.38. The number of hydrogen-bond donors (Lipinski definition) is 0. The van der Waals surface area contributed by atoms with Crippen molar-refractivity contribution in [1.82, 2.24) is 0 Å². The van der Waals surface area contributed by atoms with Gasteiger partial charge in [-0.15, -0.1) is 0 Å². The number of sulfone groups is 1. The van der Waals surface area contributed by atoms with Crippen LogP contribution in [0.3, 0.4) is 0 Å². The van der Waals surface area contributed by atoms with Crippen molar-refractivity contribution in [3.8, 4) is 6.07 Å². The first-order valence-electron chi connectivity index (χ1n) is 4.35. The van der Waals surface area contributed by atoms with E-state index in [1.54, 1.807) is 24.3 Å². The summed E-state index contributed by atoms with van der Waals surface area (Å²) in [5.74, 6) is 0.289. The lowest BCUT2D eigenvalue weighted by Crippen LogP contribution is -2.28. The van der Waals surface area contributed by atoms with Crippen molar-refractivity contribution < 1.29 is 8.42 Å². The van der Waals surface area contributed by atoms with Crippen LogP contribution < -0.4 is 0 Å². The van der Waals surface area contributed by atoms with E-state index >= 15 is 0 Å². The van der Waals surface area contributed by atoms with Gasteiger partial charge < -0.3 is 0 Å². The Morgan fingerprint density at radius 3 is 2.29 bits per heavy atom. The summed E-state index contributed by atoms with van der Waals surface area (Å²) in [7, 11) is -2.88. The fraction of sp³-hybridized carbons (Fsp3) is 0.300. The number of rotatable bonds is 1. The largest absolute Gasteiger partial charge is 0.228 e.